The van der Waals surface area contributed by atoms with Gasteiger partial charge in [0.25, 0.3) is 0 Å². The molecule has 0 fully saturated rings. The van der Waals surface area contributed by atoms with Gasteiger partial charge in [0.05, 0.1) is 6.42 Å². The van der Waals surface area contributed by atoms with E-state index in [2.05, 4.69) is 10.6 Å². The highest BCUT2D eigenvalue weighted by Crippen LogP contribution is 2.27. The van der Waals surface area contributed by atoms with Crippen molar-refractivity contribution in [2.45, 2.75) is 26.3 Å². The summed E-state index contributed by atoms with van der Waals surface area (Å²) in [7, 11) is 0. The first kappa shape index (κ1) is 13.4. The Morgan fingerprint density at radius 2 is 2.11 bits per heavy atom. The monoisotopic (exact) mass is 261 g/mol. The van der Waals surface area contributed by atoms with E-state index in [9.17, 15) is 9.59 Å². The highest BCUT2D eigenvalue weighted by atomic mass is 16.2. The highest BCUT2D eigenvalue weighted by Gasteiger charge is 2.26. The van der Waals surface area contributed by atoms with Crippen molar-refractivity contribution in [2.24, 2.45) is 0 Å². The molecule has 1 aromatic rings. The van der Waals surface area contributed by atoms with Crippen molar-refractivity contribution in [2.75, 3.05) is 18.0 Å². The zero-order valence-corrected chi connectivity index (χ0v) is 11.3. The number of hydrogen-bond acceptors (Lipinski definition) is 2. The Morgan fingerprint density at radius 1 is 1.37 bits per heavy atom. The van der Waals surface area contributed by atoms with Gasteiger partial charge in [-0.05, 0) is 25.5 Å². The Labute approximate surface area is 113 Å². The van der Waals surface area contributed by atoms with Gasteiger partial charge in [-0.25, -0.2) is 4.79 Å². The van der Waals surface area contributed by atoms with E-state index in [0.717, 1.165) is 11.3 Å². The lowest BCUT2D eigenvalue weighted by atomic mass is 10.2. The predicted octanol–water partition coefficient (Wildman–Crippen LogP) is 1.28. The van der Waals surface area contributed by atoms with E-state index in [-0.39, 0.29) is 18.0 Å². The number of para-hydroxylation sites is 1. The van der Waals surface area contributed by atoms with Gasteiger partial charge in [-0.15, -0.1) is 0 Å². The summed E-state index contributed by atoms with van der Waals surface area (Å²) in [6.07, 6.45) is 0.453. The van der Waals surface area contributed by atoms with Crippen LogP contribution in [0, 0.1) is 0 Å². The molecule has 0 unspecified atom stereocenters. The van der Waals surface area contributed by atoms with Gasteiger partial charge >= 0.3 is 6.03 Å². The van der Waals surface area contributed by atoms with Gasteiger partial charge in [0.2, 0.25) is 5.91 Å². The van der Waals surface area contributed by atoms with Crippen LogP contribution in [0.25, 0.3) is 0 Å². The molecule has 1 aliphatic heterocycles. The van der Waals surface area contributed by atoms with Gasteiger partial charge in [0, 0.05) is 24.8 Å². The highest BCUT2D eigenvalue weighted by molar-refractivity contribution is 6.01. The summed E-state index contributed by atoms with van der Waals surface area (Å²) in [5.41, 5.74) is 2.01. The largest absolute Gasteiger partial charge is 0.336 e. The van der Waals surface area contributed by atoms with Crippen molar-refractivity contribution in [3.05, 3.63) is 29.8 Å². The molecule has 102 valence electrons. The number of carbonyl (C=O) groups excluding carboxylic acids is 2. The number of hydrogen-bond donors (Lipinski definition) is 2. The Hall–Kier alpha value is -2.04. The smallest absolute Gasteiger partial charge is 0.315 e. The molecule has 2 N–H and O–H groups in total. The lowest BCUT2D eigenvalue weighted by Gasteiger charge is -2.18. The molecule has 1 aromatic carbocycles. The maximum absolute atomic E-state index is 11.9. The van der Waals surface area contributed by atoms with E-state index < -0.39 is 0 Å². The molecule has 0 aliphatic carbocycles. The van der Waals surface area contributed by atoms with E-state index in [1.54, 1.807) is 4.90 Å². The maximum atomic E-state index is 11.9. The van der Waals surface area contributed by atoms with Crippen LogP contribution in [0.2, 0.25) is 0 Å². The summed E-state index contributed by atoms with van der Waals surface area (Å²) >= 11 is 0. The van der Waals surface area contributed by atoms with Crippen molar-refractivity contribution in [1.29, 1.82) is 0 Å². The van der Waals surface area contributed by atoms with E-state index in [0.29, 0.717) is 19.5 Å². The summed E-state index contributed by atoms with van der Waals surface area (Å²) in [4.78, 5) is 25.0. The predicted molar refractivity (Wildman–Crippen MR) is 74.2 cm³/mol. The van der Waals surface area contributed by atoms with Crippen LogP contribution in [0.4, 0.5) is 10.5 Å². The van der Waals surface area contributed by atoms with Gasteiger partial charge in [-0.2, -0.15) is 0 Å². The average Bonchev–Trinajstić information content (AvgIpc) is 2.65. The molecule has 0 spiro atoms. The zero-order valence-electron chi connectivity index (χ0n) is 11.3. The van der Waals surface area contributed by atoms with Crippen LogP contribution in [0.5, 0.6) is 0 Å². The normalized spacial score (nSPS) is 13.6. The second kappa shape index (κ2) is 5.73. The SMILES string of the molecule is CC(C)NC(=O)NCCN1C(=O)Cc2ccccc21. The van der Waals surface area contributed by atoms with Gasteiger partial charge in [0.15, 0.2) is 0 Å². The standard InChI is InChI=1S/C14H19N3O2/c1-10(2)16-14(19)15-7-8-17-12-6-4-3-5-11(12)9-13(17)18/h3-6,10H,7-9H2,1-2H3,(H2,15,16,19). The first-order valence-corrected chi connectivity index (χ1v) is 6.50. The van der Waals surface area contributed by atoms with Crippen molar-refractivity contribution >= 4 is 17.6 Å². The van der Waals surface area contributed by atoms with Crippen LogP contribution in [-0.2, 0) is 11.2 Å². The summed E-state index contributed by atoms with van der Waals surface area (Å²) in [6.45, 7) is 4.75. The number of nitrogens with zero attached hydrogens (tertiary/aromatic N) is 1. The number of nitrogens with one attached hydrogen (secondary N) is 2. The molecule has 0 saturated carbocycles. The Kier molecular flexibility index (Phi) is 4.04. The number of urea groups is 1. The van der Waals surface area contributed by atoms with Crippen molar-refractivity contribution in [3.63, 3.8) is 0 Å². The first-order chi connectivity index (χ1) is 9.08. The second-order valence-electron chi connectivity index (χ2n) is 4.91. The van der Waals surface area contributed by atoms with Gasteiger partial charge in [-0.3, -0.25) is 4.79 Å². The van der Waals surface area contributed by atoms with Crippen LogP contribution in [0.1, 0.15) is 19.4 Å². The lowest BCUT2D eigenvalue weighted by molar-refractivity contribution is -0.117. The van der Waals surface area contributed by atoms with Gasteiger partial charge < -0.3 is 15.5 Å². The third-order valence-corrected chi connectivity index (χ3v) is 2.97. The Bertz CT molecular complexity index is 485. The summed E-state index contributed by atoms with van der Waals surface area (Å²) in [5, 5.41) is 5.49. The summed E-state index contributed by atoms with van der Waals surface area (Å²) < 4.78 is 0. The summed E-state index contributed by atoms with van der Waals surface area (Å²) in [5.74, 6) is 0.0901. The number of anilines is 1. The van der Waals surface area contributed by atoms with E-state index >= 15 is 0 Å². The third-order valence-electron chi connectivity index (χ3n) is 2.97. The fourth-order valence-corrected chi connectivity index (χ4v) is 2.16. The molecule has 3 amide bonds. The molecule has 2 rings (SSSR count). The number of rotatable bonds is 4. The first-order valence-electron chi connectivity index (χ1n) is 6.50. The number of fused-ring (bicyclic) bond motifs is 1. The van der Waals surface area contributed by atoms with Crippen LogP contribution in [0.15, 0.2) is 24.3 Å². The second-order valence-corrected chi connectivity index (χ2v) is 4.91. The van der Waals surface area contributed by atoms with E-state index in [1.807, 2.05) is 38.1 Å². The molecular weight excluding hydrogens is 242 g/mol. The molecule has 0 bridgehead atoms. The molecule has 0 aromatic heterocycles. The fraction of sp³-hybridized carbons (Fsp3) is 0.429. The minimum absolute atomic E-state index is 0.0901. The zero-order chi connectivity index (χ0) is 13.8. The summed E-state index contributed by atoms with van der Waals surface area (Å²) in [6, 6.07) is 7.66. The third kappa shape index (κ3) is 3.24. The number of benzene rings is 1. The van der Waals surface area contributed by atoms with Crippen LogP contribution >= 0.6 is 0 Å². The van der Waals surface area contributed by atoms with Crippen LogP contribution < -0.4 is 15.5 Å². The van der Waals surface area contributed by atoms with Crippen LogP contribution in [0.3, 0.4) is 0 Å². The molecule has 5 nitrogen and oxygen atoms in total. The Balaban J connectivity index is 1.87. The average molecular weight is 261 g/mol. The van der Waals surface area contributed by atoms with Gasteiger partial charge in [-0.1, -0.05) is 18.2 Å². The molecule has 1 heterocycles. The number of amides is 3. The molecule has 5 heteroatoms. The van der Waals surface area contributed by atoms with E-state index in [4.69, 9.17) is 0 Å². The lowest BCUT2D eigenvalue weighted by Crippen LogP contribution is -2.43. The minimum Gasteiger partial charge on any atom is -0.336 e. The molecule has 1 aliphatic rings. The van der Waals surface area contributed by atoms with Crippen LogP contribution in [-0.4, -0.2) is 31.1 Å². The van der Waals surface area contributed by atoms with E-state index in [1.165, 1.54) is 0 Å². The molecule has 19 heavy (non-hydrogen) atoms. The minimum atomic E-state index is -0.199. The molecule has 0 atom stereocenters. The Morgan fingerprint density at radius 3 is 2.84 bits per heavy atom. The fourth-order valence-electron chi connectivity index (χ4n) is 2.16. The molecular formula is C14H19N3O2. The topological polar surface area (TPSA) is 61.4 Å². The van der Waals surface area contributed by atoms with Crippen molar-refractivity contribution in [3.8, 4) is 0 Å². The molecule has 0 radical (unpaired) electrons. The maximum Gasteiger partial charge on any atom is 0.315 e. The molecule has 0 saturated heterocycles. The van der Waals surface area contributed by atoms with Gasteiger partial charge in [0.1, 0.15) is 0 Å². The van der Waals surface area contributed by atoms with Crippen molar-refractivity contribution in [1.82, 2.24) is 10.6 Å². The van der Waals surface area contributed by atoms with Crippen molar-refractivity contribution < 1.29 is 9.59 Å². The quantitative estimate of drug-likeness (QED) is 0.857. The number of carbonyl (C=O) groups is 2.